The molecule has 5 heteroatoms. The molecule has 19 heavy (non-hydrogen) atoms. The van der Waals surface area contributed by atoms with Gasteiger partial charge in [-0.2, -0.15) is 0 Å². The summed E-state index contributed by atoms with van der Waals surface area (Å²) < 4.78 is 17.3. The van der Waals surface area contributed by atoms with Crippen molar-refractivity contribution in [2.24, 2.45) is 0 Å². The average molecular weight is 344 g/mol. The second kappa shape index (κ2) is 5.47. The molecule has 0 N–H and O–H groups in total. The minimum absolute atomic E-state index is 0.287. The molecule has 1 aromatic carbocycles. The number of hydrogen-bond acceptors (Lipinski definition) is 3. The number of hydrogen-bond donors (Lipinski definition) is 0. The quantitative estimate of drug-likeness (QED) is 0.751. The molecule has 2 aromatic rings. The monoisotopic (exact) mass is 342 g/mol. The summed E-state index contributed by atoms with van der Waals surface area (Å²) in [5.74, 6) is 1.49. The minimum atomic E-state index is -0.287. The molecule has 0 bridgehead atoms. The van der Waals surface area contributed by atoms with Gasteiger partial charge in [0.2, 0.25) is 0 Å². The van der Waals surface area contributed by atoms with Crippen LogP contribution in [0.1, 0.15) is 22.9 Å². The van der Waals surface area contributed by atoms with E-state index in [2.05, 4.69) is 15.9 Å². The molecular weight excluding hydrogens is 332 g/mol. The van der Waals surface area contributed by atoms with E-state index in [-0.39, 0.29) is 5.38 Å². The van der Waals surface area contributed by atoms with E-state index in [1.807, 2.05) is 18.2 Å². The van der Waals surface area contributed by atoms with E-state index < -0.39 is 0 Å². The van der Waals surface area contributed by atoms with E-state index >= 15 is 0 Å². The maximum atomic E-state index is 6.48. The fourth-order valence-corrected chi connectivity index (χ4v) is 2.98. The summed E-state index contributed by atoms with van der Waals surface area (Å²) in [5, 5.41) is -0.287. The van der Waals surface area contributed by atoms with Crippen molar-refractivity contribution in [3.8, 4) is 11.5 Å². The number of halogens is 2. The molecule has 0 radical (unpaired) electrons. The SMILES string of the molecule is ClC(c1ccoc1)c1cc2c(cc1Br)OCCCO2. The third-order valence-electron chi connectivity index (χ3n) is 2.98. The van der Waals surface area contributed by atoms with Gasteiger partial charge in [-0.15, -0.1) is 11.6 Å². The van der Waals surface area contributed by atoms with E-state index in [1.165, 1.54) is 0 Å². The van der Waals surface area contributed by atoms with Gasteiger partial charge in [-0.1, -0.05) is 15.9 Å². The zero-order valence-corrected chi connectivity index (χ0v) is 12.4. The molecule has 100 valence electrons. The van der Waals surface area contributed by atoms with Crippen molar-refractivity contribution in [3.63, 3.8) is 0 Å². The molecular formula is C14H12BrClO3. The van der Waals surface area contributed by atoms with Gasteiger partial charge in [-0.3, -0.25) is 0 Å². The highest BCUT2D eigenvalue weighted by molar-refractivity contribution is 9.10. The van der Waals surface area contributed by atoms with E-state index in [9.17, 15) is 0 Å². The molecule has 1 unspecified atom stereocenters. The van der Waals surface area contributed by atoms with Crippen LogP contribution in [0.5, 0.6) is 11.5 Å². The number of rotatable bonds is 2. The molecule has 1 aliphatic heterocycles. The first-order chi connectivity index (χ1) is 9.25. The van der Waals surface area contributed by atoms with Gasteiger partial charge in [0.25, 0.3) is 0 Å². The van der Waals surface area contributed by atoms with E-state index in [0.717, 1.165) is 33.5 Å². The van der Waals surface area contributed by atoms with E-state index in [4.69, 9.17) is 25.5 Å². The van der Waals surface area contributed by atoms with Crippen LogP contribution in [0.15, 0.2) is 39.6 Å². The van der Waals surface area contributed by atoms with Crippen molar-refractivity contribution in [2.75, 3.05) is 13.2 Å². The first kappa shape index (κ1) is 12.9. The lowest BCUT2D eigenvalue weighted by Crippen LogP contribution is -1.97. The van der Waals surface area contributed by atoms with Crippen LogP contribution in [-0.2, 0) is 0 Å². The third-order valence-corrected chi connectivity index (χ3v) is 4.15. The zero-order valence-electron chi connectivity index (χ0n) is 10.1. The van der Waals surface area contributed by atoms with Crippen LogP contribution < -0.4 is 9.47 Å². The maximum absolute atomic E-state index is 6.48. The zero-order chi connectivity index (χ0) is 13.2. The van der Waals surface area contributed by atoms with Gasteiger partial charge >= 0.3 is 0 Å². The van der Waals surface area contributed by atoms with Gasteiger partial charge in [-0.05, 0) is 23.8 Å². The Balaban J connectivity index is 2.00. The molecule has 1 aliphatic rings. The summed E-state index contributed by atoms with van der Waals surface area (Å²) in [6.45, 7) is 1.33. The standard InChI is InChI=1S/C14H12BrClO3/c15-11-7-13-12(18-3-1-4-19-13)6-10(11)14(16)9-2-5-17-8-9/h2,5-8,14H,1,3-4H2. The van der Waals surface area contributed by atoms with Crippen LogP contribution in [0.4, 0.5) is 0 Å². The van der Waals surface area contributed by atoms with Gasteiger partial charge in [0.15, 0.2) is 11.5 Å². The summed E-state index contributed by atoms with van der Waals surface area (Å²) in [6, 6.07) is 5.69. The van der Waals surface area contributed by atoms with Crippen LogP contribution in [0.25, 0.3) is 0 Å². The number of furan rings is 1. The Bertz CT molecular complexity index is 568. The van der Waals surface area contributed by atoms with Crippen LogP contribution in [0.3, 0.4) is 0 Å². The molecule has 0 spiro atoms. The third kappa shape index (κ3) is 2.60. The maximum Gasteiger partial charge on any atom is 0.162 e. The fourth-order valence-electron chi connectivity index (χ4n) is 1.99. The number of ether oxygens (including phenoxy) is 2. The lowest BCUT2D eigenvalue weighted by molar-refractivity contribution is 0.297. The first-order valence-corrected chi connectivity index (χ1v) is 7.24. The van der Waals surface area contributed by atoms with Crippen molar-refractivity contribution >= 4 is 27.5 Å². The van der Waals surface area contributed by atoms with Crippen molar-refractivity contribution in [1.29, 1.82) is 0 Å². The summed E-state index contributed by atoms with van der Waals surface area (Å²) >= 11 is 10.0. The van der Waals surface area contributed by atoms with Crippen LogP contribution in [0, 0.1) is 0 Å². The molecule has 0 saturated heterocycles. The van der Waals surface area contributed by atoms with Crippen molar-refractivity contribution in [3.05, 3.63) is 46.3 Å². The molecule has 0 amide bonds. The average Bonchev–Trinajstić information content (AvgIpc) is 2.84. The Kier molecular flexibility index (Phi) is 3.71. The Labute approximate surface area is 124 Å². The second-order valence-electron chi connectivity index (χ2n) is 4.29. The van der Waals surface area contributed by atoms with Gasteiger partial charge in [0.1, 0.15) is 0 Å². The van der Waals surface area contributed by atoms with Gasteiger partial charge in [0, 0.05) is 16.5 Å². The predicted molar refractivity (Wildman–Crippen MR) is 76.2 cm³/mol. The van der Waals surface area contributed by atoms with Crippen LogP contribution in [0.2, 0.25) is 0 Å². The van der Waals surface area contributed by atoms with Crippen molar-refractivity contribution in [2.45, 2.75) is 11.8 Å². The molecule has 0 saturated carbocycles. The number of alkyl halides is 1. The Hall–Kier alpha value is -1.13. The van der Waals surface area contributed by atoms with Crippen molar-refractivity contribution < 1.29 is 13.9 Å². The summed E-state index contributed by atoms with van der Waals surface area (Å²) in [6.07, 6.45) is 4.14. The van der Waals surface area contributed by atoms with E-state index in [0.29, 0.717) is 13.2 Å². The summed E-state index contributed by atoms with van der Waals surface area (Å²) in [7, 11) is 0. The molecule has 3 rings (SSSR count). The molecule has 3 nitrogen and oxygen atoms in total. The van der Waals surface area contributed by atoms with Gasteiger partial charge in [-0.25, -0.2) is 0 Å². The molecule has 0 fully saturated rings. The highest BCUT2D eigenvalue weighted by atomic mass is 79.9. The predicted octanol–water partition coefficient (Wildman–Crippen LogP) is 4.53. The Morgan fingerprint density at radius 2 is 1.89 bits per heavy atom. The normalized spacial score (nSPS) is 15.9. The highest BCUT2D eigenvalue weighted by Gasteiger charge is 2.20. The Morgan fingerprint density at radius 3 is 2.58 bits per heavy atom. The smallest absolute Gasteiger partial charge is 0.162 e. The molecule has 0 aliphatic carbocycles. The molecule has 1 aromatic heterocycles. The minimum Gasteiger partial charge on any atom is -0.490 e. The largest absolute Gasteiger partial charge is 0.490 e. The second-order valence-corrected chi connectivity index (χ2v) is 5.58. The first-order valence-electron chi connectivity index (χ1n) is 6.01. The molecule has 2 heterocycles. The molecule has 1 atom stereocenters. The van der Waals surface area contributed by atoms with E-state index in [1.54, 1.807) is 12.5 Å². The van der Waals surface area contributed by atoms with Crippen molar-refractivity contribution in [1.82, 2.24) is 0 Å². The summed E-state index contributed by atoms with van der Waals surface area (Å²) in [5.41, 5.74) is 1.85. The number of benzene rings is 1. The lowest BCUT2D eigenvalue weighted by atomic mass is 10.1. The number of fused-ring (bicyclic) bond motifs is 1. The lowest BCUT2D eigenvalue weighted by Gasteiger charge is -2.14. The van der Waals surface area contributed by atoms with Crippen LogP contribution >= 0.6 is 27.5 Å². The van der Waals surface area contributed by atoms with Gasteiger partial charge < -0.3 is 13.9 Å². The van der Waals surface area contributed by atoms with Crippen LogP contribution in [-0.4, -0.2) is 13.2 Å². The Morgan fingerprint density at radius 1 is 1.16 bits per heavy atom. The van der Waals surface area contributed by atoms with Gasteiger partial charge in [0.05, 0.1) is 31.1 Å². The topological polar surface area (TPSA) is 31.6 Å². The summed E-state index contributed by atoms with van der Waals surface area (Å²) in [4.78, 5) is 0. The highest BCUT2D eigenvalue weighted by Crippen LogP contribution is 2.41. The fraction of sp³-hybridized carbons (Fsp3) is 0.286.